The van der Waals surface area contributed by atoms with Crippen molar-refractivity contribution in [2.75, 3.05) is 11.9 Å². The molecule has 2 fully saturated rings. The fourth-order valence-corrected chi connectivity index (χ4v) is 3.74. The van der Waals surface area contributed by atoms with Gasteiger partial charge in [-0.1, -0.05) is 31.9 Å². The first-order chi connectivity index (χ1) is 13.8. The van der Waals surface area contributed by atoms with Crippen molar-refractivity contribution in [2.45, 2.75) is 45.3 Å². The summed E-state index contributed by atoms with van der Waals surface area (Å²) in [7, 11) is 0. The summed E-state index contributed by atoms with van der Waals surface area (Å²) in [6.45, 7) is -1.87. The summed E-state index contributed by atoms with van der Waals surface area (Å²) in [6, 6.07) is 4.32. The van der Waals surface area contributed by atoms with E-state index >= 15 is 0 Å². The zero-order chi connectivity index (χ0) is 21.1. The summed E-state index contributed by atoms with van der Waals surface area (Å²) < 4.78 is 29.3. The lowest BCUT2D eigenvalue weighted by atomic mass is 9.85. The number of carbonyl (C=O) groups excluding carboxylic acids is 4. The molecule has 1 aromatic carbocycles. The number of nitrogens with zero attached hydrogens (tertiary/aromatic N) is 2. The predicted molar refractivity (Wildman–Crippen MR) is 97.1 cm³/mol. The number of amides is 5. The molecule has 10 heteroatoms. The Balaban J connectivity index is 1.70. The number of carbonyl (C=O) groups is 4. The fraction of sp³-hybridized carbons (Fsp3) is 0.474. The van der Waals surface area contributed by atoms with Gasteiger partial charge in [0.25, 0.3) is 0 Å². The van der Waals surface area contributed by atoms with Gasteiger partial charge in [-0.2, -0.15) is 8.78 Å². The topological polar surface area (TPSA) is 96.0 Å². The minimum Gasteiger partial charge on any atom is -0.433 e. The van der Waals surface area contributed by atoms with Crippen molar-refractivity contribution in [3.8, 4) is 5.75 Å². The molecular formula is C19H21F2N3O5. The minimum absolute atomic E-state index is 0.0408. The molecule has 1 aliphatic heterocycles. The first kappa shape index (κ1) is 20.7. The normalized spacial score (nSPS) is 22.4. The van der Waals surface area contributed by atoms with Crippen LogP contribution < -0.4 is 10.1 Å². The van der Waals surface area contributed by atoms with Gasteiger partial charge in [-0.25, -0.2) is 9.69 Å². The molecule has 1 aromatic rings. The fourth-order valence-electron chi connectivity index (χ4n) is 3.74. The third kappa shape index (κ3) is 4.36. The summed E-state index contributed by atoms with van der Waals surface area (Å²) in [6.07, 6.45) is 3.30. The highest BCUT2D eigenvalue weighted by Gasteiger charge is 2.49. The maximum Gasteiger partial charge on any atom is 0.387 e. The molecule has 0 unspecified atom stereocenters. The van der Waals surface area contributed by atoms with Crippen LogP contribution in [0.4, 0.5) is 19.3 Å². The molecule has 0 bridgehead atoms. The van der Waals surface area contributed by atoms with E-state index < -0.39 is 36.9 Å². The molecule has 2 aliphatic rings. The van der Waals surface area contributed by atoms with Crippen LogP contribution in [0.25, 0.3) is 0 Å². The second-order valence-corrected chi connectivity index (χ2v) is 7.10. The first-order valence-electron chi connectivity index (χ1n) is 9.32. The van der Waals surface area contributed by atoms with Gasteiger partial charge < -0.3 is 10.1 Å². The van der Waals surface area contributed by atoms with Crippen LogP contribution in [0.1, 0.15) is 32.6 Å². The number of alkyl halides is 2. The van der Waals surface area contributed by atoms with Gasteiger partial charge in [0.1, 0.15) is 12.3 Å². The molecule has 8 nitrogen and oxygen atoms in total. The Morgan fingerprint density at radius 3 is 2.55 bits per heavy atom. The van der Waals surface area contributed by atoms with E-state index in [2.05, 4.69) is 10.1 Å². The lowest BCUT2D eigenvalue weighted by Gasteiger charge is -2.34. The Bertz CT molecular complexity index is 832. The standard InChI is InChI=1S/C19H21F2N3O5/c1-11-6-2-4-8-13(11)24-17(27)16(26)23(19(24)28)10-15(25)22-12-7-3-5-9-14(12)29-18(20)21/h3,5,7,9,11,13,18H,2,4,6,8,10H2,1H3,(H,22,25)/t11-,13+/m1/s1. The van der Waals surface area contributed by atoms with Crippen LogP contribution in [0.3, 0.4) is 0 Å². The van der Waals surface area contributed by atoms with Gasteiger partial charge in [0, 0.05) is 6.04 Å². The highest BCUT2D eigenvalue weighted by Crippen LogP contribution is 2.31. The second kappa shape index (κ2) is 8.54. The van der Waals surface area contributed by atoms with Gasteiger partial charge in [-0.05, 0) is 30.9 Å². The molecule has 0 radical (unpaired) electrons. The monoisotopic (exact) mass is 409 g/mol. The van der Waals surface area contributed by atoms with Gasteiger partial charge in [-0.15, -0.1) is 0 Å². The van der Waals surface area contributed by atoms with Crippen LogP contribution in [-0.4, -0.2) is 52.8 Å². The van der Waals surface area contributed by atoms with Crippen LogP contribution >= 0.6 is 0 Å². The Kier molecular flexibility index (Phi) is 6.09. The molecule has 156 valence electrons. The number of benzene rings is 1. The van der Waals surface area contributed by atoms with E-state index in [1.807, 2.05) is 6.92 Å². The lowest BCUT2D eigenvalue weighted by molar-refractivity contribution is -0.145. The van der Waals surface area contributed by atoms with Crippen LogP contribution in [0.5, 0.6) is 5.75 Å². The molecule has 29 heavy (non-hydrogen) atoms. The Labute approximate surface area is 165 Å². The van der Waals surface area contributed by atoms with Gasteiger partial charge in [0.05, 0.1) is 5.69 Å². The average Bonchev–Trinajstić information content (AvgIpc) is 2.87. The van der Waals surface area contributed by atoms with Crippen molar-refractivity contribution in [2.24, 2.45) is 5.92 Å². The number of urea groups is 1. The quantitative estimate of drug-likeness (QED) is 0.576. The average molecular weight is 409 g/mol. The molecule has 0 aromatic heterocycles. The van der Waals surface area contributed by atoms with E-state index in [0.717, 1.165) is 24.2 Å². The van der Waals surface area contributed by atoms with E-state index in [1.165, 1.54) is 24.3 Å². The third-order valence-corrected chi connectivity index (χ3v) is 5.16. The molecule has 1 heterocycles. The largest absolute Gasteiger partial charge is 0.433 e. The summed E-state index contributed by atoms with van der Waals surface area (Å²) in [5, 5.41) is 2.33. The number of imide groups is 2. The molecular weight excluding hydrogens is 388 g/mol. The van der Waals surface area contributed by atoms with Crippen molar-refractivity contribution in [3.05, 3.63) is 24.3 Å². The van der Waals surface area contributed by atoms with Crippen LogP contribution in [-0.2, 0) is 14.4 Å². The van der Waals surface area contributed by atoms with Crippen molar-refractivity contribution < 1.29 is 32.7 Å². The molecule has 1 saturated heterocycles. The number of hydrogen-bond acceptors (Lipinski definition) is 5. The van der Waals surface area contributed by atoms with Crippen molar-refractivity contribution >= 4 is 29.4 Å². The van der Waals surface area contributed by atoms with Gasteiger partial charge in [-0.3, -0.25) is 19.3 Å². The summed E-state index contributed by atoms with van der Waals surface area (Å²) >= 11 is 0. The molecule has 1 aliphatic carbocycles. The summed E-state index contributed by atoms with van der Waals surface area (Å²) in [5.74, 6) is -3.02. The van der Waals surface area contributed by atoms with Crippen LogP contribution in [0.15, 0.2) is 24.3 Å². The molecule has 1 N–H and O–H groups in total. The minimum atomic E-state index is -3.08. The Morgan fingerprint density at radius 1 is 1.17 bits per heavy atom. The van der Waals surface area contributed by atoms with Gasteiger partial charge >= 0.3 is 24.5 Å². The van der Waals surface area contributed by atoms with Gasteiger partial charge in [0.2, 0.25) is 5.91 Å². The van der Waals surface area contributed by atoms with E-state index in [-0.39, 0.29) is 23.4 Å². The highest BCUT2D eigenvalue weighted by molar-refractivity contribution is 6.45. The van der Waals surface area contributed by atoms with Crippen LogP contribution in [0, 0.1) is 5.92 Å². The third-order valence-electron chi connectivity index (χ3n) is 5.16. The molecule has 1 saturated carbocycles. The molecule has 2 atom stereocenters. The second-order valence-electron chi connectivity index (χ2n) is 7.10. The van der Waals surface area contributed by atoms with E-state index in [9.17, 15) is 28.0 Å². The van der Waals surface area contributed by atoms with Crippen molar-refractivity contribution in [1.82, 2.24) is 9.80 Å². The Morgan fingerprint density at radius 2 is 1.86 bits per heavy atom. The number of nitrogens with one attached hydrogen (secondary N) is 1. The maximum atomic E-state index is 12.7. The van der Waals surface area contributed by atoms with Crippen molar-refractivity contribution in [1.29, 1.82) is 0 Å². The number of hydrogen-bond donors (Lipinski definition) is 1. The number of anilines is 1. The van der Waals surface area contributed by atoms with E-state index in [4.69, 9.17) is 0 Å². The zero-order valence-corrected chi connectivity index (χ0v) is 15.8. The number of rotatable bonds is 6. The first-order valence-corrected chi connectivity index (χ1v) is 9.32. The van der Waals surface area contributed by atoms with E-state index in [0.29, 0.717) is 11.3 Å². The lowest BCUT2D eigenvalue weighted by Crippen LogP contribution is -2.46. The van der Waals surface area contributed by atoms with Crippen molar-refractivity contribution in [3.63, 3.8) is 0 Å². The maximum absolute atomic E-state index is 12.7. The molecule has 0 spiro atoms. The molecule has 5 amide bonds. The zero-order valence-electron chi connectivity index (χ0n) is 15.8. The van der Waals surface area contributed by atoms with Crippen LogP contribution in [0.2, 0.25) is 0 Å². The smallest absolute Gasteiger partial charge is 0.387 e. The summed E-state index contributed by atoms with van der Waals surface area (Å²) in [4.78, 5) is 51.2. The number of ether oxygens (including phenoxy) is 1. The van der Waals surface area contributed by atoms with Gasteiger partial charge in [0.15, 0.2) is 0 Å². The molecule has 3 rings (SSSR count). The number of halogens is 2. The Hall–Kier alpha value is -3.04. The highest BCUT2D eigenvalue weighted by atomic mass is 19.3. The SMILES string of the molecule is C[C@@H]1CCCC[C@@H]1N1C(=O)C(=O)N(CC(=O)Nc2ccccc2OC(F)F)C1=O. The summed E-state index contributed by atoms with van der Waals surface area (Å²) in [5.41, 5.74) is -0.0408. The number of para-hydroxylation sites is 2. The van der Waals surface area contributed by atoms with E-state index in [1.54, 1.807) is 0 Å². The predicted octanol–water partition coefficient (Wildman–Crippen LogP) is 2.60.